The molecule has 7 heteroatoms. The second-order valence-electron chi connectivity index (χ2n) is 8.42. The Balaban J connectivity index is 1.65. The lowest BCUT2D eigenvalue weighted by Crippen LogP contribution is -2.41. The first-order valence-electron chi connectivity index (χ1n) is 8.89. The summed E-state index contributed by atoms with van der Waals surface area (Å²) in [7, 11) is -3.58. The first-order valence-corrected chi connectivity index (χ1v) is 10.4. The zero-order valence-corrected chi connectivity index (χ0v) is 16.7. The molecule has 1 heterocycles. The van der Waals surface area contributed by atoms with Crippen LogP contribution < -0.4 is 10.2 Å². The third kappa shape index (κ3) is 3.65. The Bertz CT molecular complexity index is 727. The third-order valence-electron chi connectivity index (χ3n) is 5.62. The summed E-state index contributed by atoms with van der Waals surface area (Å²) in [5.74, 6) is 0.251. The van der Waals surface area contributed by atoms with E-state index in [4.69, 9.17) is 9.31 Å². The van der Waals surface area contributed by atoms with E-state index < -0.39 is 15.3 Å². The van der Waals surface area contributed by atoms with Gasteiger partial charge in [0, 0.05) is 12.0 Å². The SMILES string of the molecule is CC(C)S(=O)(=O)NC1CC1c1ccc(B2OC(C)(C)C(C)(C)O2)cc1. The normalized spacial score (nSPS) is 27.7. The molecule has 1 saturated carbocycles. The predicted octanol–water partition coefficient (Wildman–Crippen LogP) is 2.17. The Hall–Kier alpha value is -0.885. The smallest absolute Gasteiger partial charge is 0.399 e. The van der Waals surface area contributed by atoms with Crippen molar-refractivity contribution >= 4 is 22.6 Å². The summed E-state index contributed by atoms with van der Waals surface area (Å²) in [5.41, 5.74) is 1.43. The molecule has 2 aliphatic rings. The van der Waals surface area contributed by atoms with Crippen molar-refractivity contribution in [3.63, 3.8) is 0 Å². The molecule has 25 heavy (non-hydrogen) atoms. The van der Waals surface area contributed by atoms with Crippen LogP contribution in [0.3, 0.4) is 0 Å². The molecule has 2 fully saturated rings. The Labute approximate surface area is 151 Å². The quantitative estimate of drug-likeness (QED) is 0.813. The molecule has 2 atom stereocenters. The molecule has 5 nitrogen and oxygen atoms in total. The minimum Gasteiger partial charge on any atom is -0.399 e. The summed E-state index contributed by atoms with van der Waals surface area (Å²) in [6.07, 6.45) is 0.849. The zero-order chi connectivity index (χ0) is 18.6. The molecule has 1 saturated heterocycles. The van der Waals surface area contributed by atoms with E-state index in [-0.39, 0.29) is 30.3 Å². The first-order chi connectivity index (χ1) is 11.4. The summed E-state index contributed by atoms with van der Waals surface area (Å²) in [6.45, 7) is 11.5. The molecular weight excluding hydrogens is 337 g/mol. The van der Waals surface area contributed by atoms with Gasteiger partial charge in [0.25, 0.3) is 0 Å². The molecule has 0 bridgehead atoms. The van der Waals surface area contributed by atoms with Crippen molar-refractivity contribution in [3.05, 3.63) is 29.8 Å². The second-order valence-corrected chi connectivity index (χ2v) is 10.7. The Kier molecular flexibility index (Phi) is 4.60. The van der Waals surface area contributed by atoms with Crippen molar-refractivity contribution in [2.24, 2.45) is 0 Å². The molecule has 0 aromatic heterocycles. The summed E-state index contributed by atoms with van der Waals surface area (Å²) in [4.78, 5) is 0. The summed E-state index contributed by atoms with van der Waals surface area (Å²) in [6, 6.07) is 8.15. The van der Waals surface area contributed by atoms with Gasteiger partial charge in [-0.25, -0.2) is 13.1 Å². The maximum Gasteiger partial charge on any atom is 0.494 e. The monoisotopic (exact) mass is 365 g/mol. The van der Waals surface area contributed by atoms with Crippen LogP contribution in [0.2, 0.25) is 0 Å². The van der Waals surface area contributed by atoms with E-state index in [0.29, 0.717) is 0 Å². The molecule has 0 radical (unpaired) electrons. The van der Waals surface area contributed by atoms with Gasteiger partial charge in [0.2, 0.25) is 10.0 Å². The van der Waals surface area contributed by atoms with Gasteiger partial charge < -0.3 is 9.31 Å². The van der Waals surface area contributed by atoms with Gasteiger partial charge in [-0.1, -0.05) is 24.3 Å². The lowest BCUT2D eigenvalue weighted by atomic mass is 9.78. The summed E-state index contributed by atoms with van der Waals surface area (Å²) in [5, 5.41) is -0.403. The maximum atomic E-state index is 12.0. The van der Waals surface area contributed by atoms with Crippen molar-refractivity contribution in [2.45, 2.75) is 76.4 Å². The molecule has 1 aliphatic carbocycles. The largest absolute Gasteiger partial charge is 0.494 e. The van der Waals surface area contributed by atoms with E-state index in [1.807, 2.05) is 39.8 Å². The topological polar surface area (TPSA) is 64.6 Å². The van der Waals surface area contributed by atoms with E-state index in [1.54, 1.807) is 13.8 Å². The summed E-state index contributed by atoms with van der Waals surface area (Å²) < 4.78 is 38.9. The zero-order valence-electron chi connectivity index (χ0n) is 15.9. The Morgan fingerprint density at radius 2 is 1.60 bits per heavy atom. The standard InChI is InChI=1S/C18H28BNO4S/c1-12(2)25(21,22)20-16-11-15(16)13-7-9-14(10-8-13)19-23-17(3,4)18(5,6)24-19/h7-10,12,15-16,20H,11H2,1-6H3. The highest BCUT2D eigenvalue weighted by Crippen LogP contribution is 2.41. The van der Waals surface area contributed by atoms with Crippen molar-refractivity contribution < 1.29 is 17.7 Å². The molecule has 1 N–H and O–H groups in total. The van der Waals surface area contributed by atoms with E-state index in [0.717, 1.165) is 17.4 Å². The summed E-state index contributed by atoms with van der Waals surface area (Å²) >= 11 is 0. The van der Waals surface area contributed by atoms with Crippen LogP contribution in [-0.4, -0.2) is 38.0 Å². The molecule has 0 amide bonds. The third-order valence-corrected chi connectivity index (χ3v) is 7.49. The average Bonchev–Trinajstić information content (AvgIpc) is 3.19. The molecule has 1 aromatic carbocycles. The fourth-order valence-corrected chi connectivity index (χ4v) is 3.87. The van der Waals surface area contributed by atoms with Crippen molar-refractivity contribution in [3.8, 4) is 0 Å². The van der Waals surface area contributed by atoms with E-state index >= 15 is 0 Å². The first kappa shape index (κ1) is 18.9. The molecule has 0 spiro atoms. The van der Waals surface area contributed by atoms with Crippen LogP contribution in [0.1, 0.15) is 59.4 Å². The molecular formula is C18H28BNO4S. The fourth-order valence-electron chi connectivity index (χ4n) is 2.92. The number of rotatable bonds is 5. The molecule has 3 rings (SSSR count). The number of hydrogen-bond acceptors (Lipinski definition) is 4. The van der Waals surface area contributed by atoms with Crippen LogP contribution in [0.5, 0.6) is 0 Å². The van der Waals surface area contributed by atoms with Crippen LogP contribution in [0.4, 0.5) is 0 Å². The number of hydrogen-bond donors (Lipinski definition) is 1. The van der Waals surface area contributed by atoms with Crippen molar-refractivity contribution in [1.29, 1.82) is 0 Å². The van der Waals surface area contributed by atoms with Gasteiger partial charge in [0.1, 0.15) is 0 Å². The highest BCUT2D eigenvalue weighted by atomic mass is 32.2. The molecule has 1 aliphatic heterocycles. The van der Waals surface area contributed by atoms with Crippen molar-refractivity contribution in [2.75, 3.05) is 0 Å². The van der Waals surface area contributed by atoms with E-state index in [2.05, 4.69) is 16.9 Å². The average molecular weight is 365 g/mol. The predicted molar refractivity (Wildman–Crippen MR) is 100 cm³/mol. The second kappa shape index (κ2) is 6.08. The fraction of sp³-hybridized carbons (Fsp3) is 0.667. The van der Waals surface area contributed by atoms with Crippen LogP contribution in [0, 0.1) is 0 Å². The number of sulfonamides is 1. The Morgan fingerprint density at radius 3 is 2.08 bits per heavy atom. The number of benzene rings is 1. The van der Waals surface area contributed by atoms with E-state index in [1.165, 1.54) is 0 Å². The van der Waals surface area contributed by atoms with Gasteiger partial charge in [-0.05, 0) is 59.0 Å². The van der Waals surface area contributed by atoms with Gasteiger partial charge in [-0.15, -0.1) is 0 Å². The lowest BCUT2D eigenvalue weighted by molar-refractivity contribution is 0.00578. The molecule has 138 valence electrons. The highest BCUT2D eigenvalue weighted by molar-refractivity contribution is 7.90. The van der Waals surface area contributed by atoms with Gasteiger partial charge >= 0.3 is 7.12 Å². The van der Waals surface area contributed by atoms with Gasteiger partial charge in [0.05, 0.1) is 16.5 Å². The van der Waals surface area contributed by atoms with Gasteiger partial charge in [-0.3, -0.25) is 0 Å². The Morgan fingerprint density at radius 1 is 1.08 bits per heavy atom. The van der Waals surface area contributed by atoms with Gasteiger partial charge in [-0.2, -0.15) is 0 Å². The van der Waals surface area contributed by atoms with E-state index in [9.17, 15) is 8.42 Å². The maximum absolute atomic E-state index is 12.0. The van der Waals surface area contributed by atoms with Crippen LogP contribution >= 0.6 is 0 Å². The minimum atomic E-state index is -3.21. The molecule has 1 aromatic rings. The van der Waals surface area contributed by atoms with Crippen molar-refractivity contribution in [1.82, 2.24) is 4.72 Å². The minimum absolute atomic E-state index is 0.00935. The number of nitrogens with one attached hydrogen (secondary N) is 1. The van der Waals surface area contributed by atoms with Crippen LogP contribution in [-0.2, 0) is 19.3 Å². The van der Waals surface area contributed by atoms with Crippen LogP contribution in [0.15, 0.2) is 24.3 Å². The van der Waals surface area contributed by atoms with Crippen LogP contribution in [0.25, 0.3) is 0 Å². The lowest BCUT2D eigenvalue weighted by Gasteiger charge is -2.32. The van der Waals surface area contributed by atoms with Gasteiger partial charge in [0.15, 0.2) is 0 Å². The highest BCUT2D eigenvalue weighted by Gasteiger charge is 2.51. The molecule has 2 unspecified atom stereocenters.